The largest absolute Gasteiger partial charge is 0.494 e. The molecular formula is C30H30ClN3O4S. The molecule has 0 aliphatic carbocycles. The molecular weight excluding hydrogens is 534 g/mol. The van der Waals surface area contributed by atoms with Crippen LogP contribution < -0.4 is 10.1 Å². The zero-order valence-electron chi connectivity index (χ0n) is 21.6. The van der Waals surface area contributed by atoms with Crippen molar-refractivity contribution in [2.75, 3.05) is 13.2 Å². The van der Waals surface area contributed by atoms with Gasteiger partial charge in [0.05, 0.1) is 23.7 Å². The highest BCUT2D eigenvalue weighted by Gasteiger charge is 2.25. The van der Waals surface area contributed by atoms with Crippen molar-refractivity contribution in [1.29, 1.82) is 0 Å². The van der Waals surface area contributed by atoms with Crippen LogP contribution in [0.2, 0.25) is 5.02 Å². The zero-order chi connectivity index (χ0) is 27.7. The third kappa shape index (κ3) is 7.89. The van der Waals surface area contributed by atoms with Crippen molar-refractivity contribution in [3.63, 3.8) is 0 Å². The fourth-order valence-electron chi connectivity index (χ4n) is 4.00. The molecule has 1 heterocycles. The van der Waals surface area contributed by atoms with Crippen LogP contribution in [0.3, 0.4) is 0 Å². The number of pyridine rings is 1. The summed E-state index contributed by atoms with van der Waals surface area (Å²) in [5, 5.41) is 3.58. The highest BCUT2D eigenvalue weighted by Crippen LogP contribution is 2.23. The number of hydrogen-bond donors (Lipinski definition) is 1. The number of carbonyl (C=O) groups excluding carboxylic acids is 1. The van der Waals surface area contributed by atoms with Gasteiger partial charge in [0.25, 0.3) is 5.91 Å². The van der Waals surface area contributed by atoms with Crippen molar-refractivity contribution >= 4 is 27.5 Å². The van der Waals surface area contributed by atoms with E-state index in [1.165, 1.54) is 4.31 Å². The summed E-state index contributed by atoms with van der Waals surface area (Å²) in [7, 11) is -3.85. The van der Waals surface area contributed by atoms with Gasteiger partial charge in [0.2, 0.25) is 10.0 Å². The van der Waals surface area contributed by atoms with Crippen LogP contribution in [0.5, 0.6) is 5.75 Å². The summed E-state index contributed by atoms with van der Waals surface area (Å²) < 4.78 is 34.1. The van der Waals surface area contributed by atoms with E-state index in [4.69, 9.17) is 16.3 Å². The number of aromatic nitrogens is 1. The number of sulfonamides is 1. The maximum Gasteiger partial charge on any atom is 0.251 e. The summed E-state index contributed by atoms with van der Waals surface area (Å²) in [5.74, 6) is 0.407. The van der Waals surface area contributed by atoms with Crippen LogP contribution in [0, 0.1) is 0 Å². The number of rotatable bonds is 12. The van der Waals surface area contributed by atoms with Gasteiger partial charge in [-0.2, -0.15) is 4.31 Å². The molecule has 0 radical (unpaired) electrons. The van der Waals surface area contributed by atoms with Gasteiger partial charge in [-0.3, -0.25) is 9.78 Å². The van der Waals surface area contributed by atoms with E-state index in [1.807, 2.05) is 37.3 Å². The second-order valence-corrected chi connectivity index (χ2v) is 11.2. The van der Waals surface area contributed by atoms with E-state index >= 15 is 0 Å². The van der Waals surface area contributed by atoms with Gasteiger partial charge in [0, 0.05) is 29.9 Å². The van der Waals surface area contributed by atoms with E-state index in [2.05, 4.69) is 10.3 Å². The zero-order valence-corrected chi connectivity index (χ0v) is 23.2. The molecule has 4 aromatic rings. The Kier molecular flexibility index (Phi) is 9.70. The fraction of sp³-hybridized carbons (Fsp3) is 0.200. The van der Waals surface area contributed by atoms with Crippen molar-refractivity contribution in [1.82, 2.24) is 14.6 Å². The Morgan fingerprint density at radius 3 is 2.36 bits per heavy atom. The molecule has 4 rings (SSSR count). The highest BCUT2D eigenvalue weighted by atomic mass is 35.5. The molecule has 1 aromatic heterocycles. The minimum Gasteiger partial charge on any atom is -0.494 e. The van der Waals surface area contributed by atoms with Crippen LogP contribution in [0.15, 0.2) is 102 Å². The van der Waals surface area contributed by atoms with E-state index in [0.717, 1.165) is 11.1 Å². The smallest absolute Gasteiger partial charge is 0.251 e. The fourth-order valence-corrected chi connectivity index (χ4v) is 5.61. The number of ether oxygens (including phenoxy) is 1. The number of hydrogen-bond acceptors (Lipinski definition) is 5. The third-order valence-electron chi connectivity index (χ3n) is 6.00. The van der Waals surface area contributed by atoms with Gasteiger partial charge in [0.15, 0.2) is 0 Å². The van der Waals surface area contributed by atoms with E-state index < -0.39 is 10.0 Å². The van der Waals surface area contributed by atoms with Gasteiger partial charge in [-0.05, 0) is 85.1 Å². The van der Waals surface area contributed by atoms with Crippen molar-refractivity contribution in [2.45, 2.75) is 31.3 Å². The molecule has 0 unspecified atom stereocenters. The van der Waals surface area contributed by atoms with Gasteiger partial charge in [-0.15, -0.1) is 0 Å². The normalized spacial score (nSPS) is 11.4. The van der Waals surface area contributed by atoms with E-state index in [-0.39, 0.29) is 23.9 Å². The summed E-state index contributed by atoms with van der Waals surface area (Å²) in [6, 6.07) is 26.3. The minimum atomic E-state index is -3.85. The molecule has 0 saturated heterocycles. The molecule has 1 N–H and O–H groups in total. The predicted octanol–water partition coefficient (Wildman–Crippen LogP) is 5.50. The quantitative estimate of drug-likeness (QED) is 0.246. The summed E-state index contributed by atoms with van der Waals surface area (Å²) in [4.78, 5) is 17.1. The second kappa shape index (κ2) is 13.4. The third-order valence-corrected chi connectivity index (χ3v) is 8.04. The number of amides is 1. The van der Waals surface area contributed by atoms with Crippen molar-refractivity contribution in [3.8, 4) is 5.75 Å². The van der Waals surface area contributed by atoms with E-state index in [0.29, 0.717) is 41.6 Å². The van der Waals surface area contributed by atoms with Gasteiger partial charge in [-0.25, -0.2) is 8.42 Å². The lowest BCUT2D eigenvalue weighted by molar-refractivity contribution is 0.0954. The topological polar surface area (TPSA) is 88.6 Å². The number of nitrogens with one attached hydrogen (secondary N) is 1. The molecule has 202 valence electrons. The number of benzene rings is 3. The standard InChI is InChI=1S/C30H30ClN3O4S/c1-2-38-28-13-15-29(16-14-28)39(36,37)34(22-27-8-3-4-18-32-27)21-24-9-11-25(12-10-24)30(35)33-19-17-23-6-5-7-26(31)20-23/h3-16,18,20H,2,17,19,21-22H2,1H3,(H,33,35). The molecule has 39 heavy (non-hydrogen) atoms. The highest BCUT2D eigenvalue weighted by molar-refractivity contribution is 7.89. The first-order valence-corrected chi connectivity index (χ1v) is 14.4. The van der Waals surface area contributed by atoms with Crippen LogP contribution in [0.1, 0.15) is 34.1 Å². The first kappa shape index (κ1) is 28.3. The molecule has 0 atom stereocenters. The number of nitrogens with zero attached hydrogens (tertiary/aromatic N) is 2. The van der Waals surface area contributed by atoms with Crippen LogP contribution in [0.25, 0.3) is 0 Å². The first-order valence-electron chi connectivity index (χ1n) is 12.6. The van der Waals surface area contributed by atoms with Crippen LogP contribution in [0.4, 0.5) is 0 Å². The Morgan fingerprint density at radius 1 is 0.923 bits per heavy atom. The Labute approximate surface area is 234 Å². The Hall–Kier alpha value is -3.72. The summed E-state index contributed by atoms with van der Waals surface area (Å²) in [6.45, 7) is 3.05. The Morgan fingerprint density at radius 2 is 1.69 bits per heavy atom. The second-order valence-electron chi connectivity index (χ2n) is 8.83. The summed E-state index contributed by atoms with van der Waals surface area (Å²) in [6.07, 6.45) is 2.30. The Balaban J connectivity index is 1.46. The molecule has 9 heteroatoms. The number of carbonyl (C=O) groups is 1. The Bertz CT molecular complexity index is 1480. The molecule has 7 nitrogen and oxygen atoms in total. The van der Waals surface area contributed by atoms with Crippen molar-refractivity contribution in [2.24, 2.45) is 0 Å². The summed E-state index contributed by atoms with van der Waals surface area (Å²) in [5.41, 5.74) is 2.91. The van der Waals surface area contributed by atoms with Gasteiger partial charge in [-0.1, -0.05) is 41.9 Å². The van der Waals surface area contributed by atoms with Crippen LogP contribution in [-0.2, 0) is 29.5 Å². The maximum absolute atomic E-state index is 13.6. The van der Waals surface area contributed by atoms with Crippen molar-refractivity contribution in [3.05, 3.63) is 125 Å². The van der Waals surface area contributed by atoms with Gasteiger partial charge >= 0.3 is 0 Å². The maximum atomic E-state index is 13.6. The average molecular weight is 564 g/mol. The lowest BCUT2D eigenvalue weighted by Crippen LogP contribution is -2.30. The lowest BCUT2D eigenvalue weighted by Gasteiger charge is -2.22. The molecule has 0 aliphatic heterocycles. The molecule has 0 saturated carbocycles. The summed E-state index contributed by atoms with van der Waals surface area (Å²) >= 11 is 6.02. The van der Waals surface area contributed by atoms with E-state index in [1.54, 1.807) is 66.9 Å². The molecule has 0 bridgehead atoms. The average Bonchev–Trinajstić information content (AvgIpc) is 2.94. The van der Waals surface area contributed by atoms with Gasteiger partial charge < -0.3 is 10.1 Å². The first-order chi connectivity index (χ1) is 18.8. The molecule has 0 fully saturated rings. The van der Waals surface area contributed by atoms with E-state index in [9.17, 15) is 13.2 Å². The monoisotopic (exact) mass is 563 g/mol. The predicted molar refractivity (Wildman–Crippen MR) is 152 cm³/mol. The van der Waals surface area contributed by atoms with Crippen molar-refractivity contribution < 1.29 is 17.9 Å². The lowest BCUT2D eigenvalue weighted by atomic mass is 10.1. The van der Waals surface area contributed by atoms with Crippen LogP contribution >= 0.6 is 11.6 Å². The number of halogens is 1. The van der Waals surface area contributed by atoms with Crippen LogP contribution in [-0.4, -0.2) is 36.8 Å². The SMILES string of the molecule is CCOc1ccc(S(=O)(=O)N(Cc2ccc(C(=O)NCCc3cccc(Cl)c3)cc2)Cc2ccccn2)cc1. The molecule has 0 aliphatic rings. The van der Waals surface area contributed by atoms with Gasteiger partial charge in [0.1, 0.15) is 5.75 Å². The molecule has 0 spiro atoms. The molecule has 3 aromatic carbocycles. The molecule has 1 amide bonds. The minimum absolute atomic E-state index is 0.0993.